The Morgan fingerprint density at radius 3 is 2.33 bits per heavy atom. The maximum atomic E-state index is 15.3. The van der Waals surface area contributed by atoms with Gasteiger partial charge in [-0.05, 0) is 67.3 Å². The van der Waals surface area contributed by atoms with Gasteiger partial charge in [0.15, 0.2) is 17.3 Å². The molecule has 1 amide bonds. The van der Waals surface area contributed by atoms with Gasteiger partial charge in [-0.15, -0.1) is 0 Å². The average Bonchev–Trinajstić information content (AvgIpc) is 2.96. The van der Waals surface area contributed by atoms with Crippen molar-refractivity contribution >= 4 is 17.4 Å². The number of benzene rings is 3. The van der Waals surface area contributed by atoms with E-state index in [9.17, 15) is 9.59 Å². The number of anilines is 1. The molecule has 1 aliphatic heterocycles. The molecule has 0 radical (unpaired) electrons. The lowest BCUT2D eigenvalue weighted by molar-refractivity contribution is -0.116. The van der Waals surface area contributed by atoms with E-state index in [1.54, 1.807) is 70.7 Å². The standard InChI is InChI=1S/C32H31FN2O5/c1-18-29(32(37)35-21-10-12-22(38-2)13-11-21)30(23-7-5-6-8-24(23)33)31-25(34-18)15-20(16-26(31)36)19-9-14-27(39-3)28(17-19)40-4/h5-14,17,20,30,34H,15-16H2,1-4H3,(H,35,37). The van der Waals surface area contributed by atoms with Crippen molar-refractivity contribution in [3.8, 4) is 17.2 Å². The summed E-state index contributed by atoms with van der Waals surface area (Å²) in [4.78, 5) is 27.5. The maximum absolute atomic E-state index is 15.3. The monoisotopic (exact) mass is 542 g/mol. The Labute approximate surface area is 232 Å². The molecule has 2 N–H and O–H groups in total. The van der Waals surface area contributed by atoms with Gasteiger partial charge in [0, 0.05) is 46.1 Å². The number of ether oxygens (including phenoxy) is 3. The SMILES string of the molecule is COc1ccc(NC(=O)C2=C(C)NC3=C(C(=O)CC(c4ccc(OC)c(OC)c4)C3)C2c2ccccc2F)cc1. The van der Waals surface area contributed by atoms with Crippen LogP contribution in [0.5, 0.6) is 17.2 Å². The van der Waals surface area contributed by atoms with Gasteiger partial charge < -0.3 is 24.8 Å². The van der Waals surface area contributed by atoms with Crippen LogP contribution in [0.25, 0.3) is 0 Å². The first-order valence-electron chi connectivity index (χ1n) is 13.0. The third kappa shape index (κ3) is 5.04. The van der Waals surface area contributed by atoms with Crippen LogP contribution in [0.2, 0.25) is 0 Å². The number of allylic oxidation sites excluding steroid dienone is 3. The highest BCUT2D eigenvalue weighted by Gasteiger charge is 2.42. The van der Waals surface area contributed by atoms with E-state index in [2.05, 4.69) is 10.6 Å². The second kappa shape index (κ2) is 11.3. The number of nitrogens with one attached hydrogen (secondary N) is 2. The van der Waals surface area contributed by atoms with Gasteiger partial charge in [-0.3, -0.25) is 9.59 Å². The van der Waals surface area contributed by atoms with E-state index in [4.69, 9.17) is 14.2 Å². The fourth-order valence-electron chi connectivity index (χ4n) is 5.58. The molecule has 3 aromatic carbocycles. The number of methoxy groups -OCH3 is 3. The van der Waals surface area contributed by atoms with Crippen LogP contribution in [0, 0.1) is 5.82 Å². The quantitative estimate of drug-likeness (QED) is 0.390. The van der Waals surface area contributed by atoms with Gasteiger partial charge in [-0.25, -0.2) is 4.39 Å². The fourth-order valence-corrected chi connectivity index (χ4v) is 5.58. The highest BCUT2D eigenvalue weighted by molar-refractivity contribution is 6.10. The maximum Gasteiger partial charge on any atom is 0.254 e. The Morgan fingerprint density at radius 1 is 0.925 bits per heavy atom. The molecule has 2 unspecified atom stereocenters. The Bertz CT molecular complexity index is 1530. The average molecular weight is 543 g/mol. The Balaban J connectivity index is 1.53. The highest BCUT2D eigenvalue weighted by atomic mass is 19.1. The van der Waals surface area contributed by atoms with E-state index >= 15 is 4.39 Å². The lowest BCUT2D eigenvalue weighted by Crippen LogP contribution is -2.37. The molecule has 5 rings (SSSR count). The van der Waals surface area contributed by atoms with Crippen LogP contribution < -0.4 is 24.8 Å². The van der Waals surface area contributed by atoms with Crippen LogP contribution >= 0.6 is 0 Å². The zero-order chi connectivity index (χ0) is 28.4. The van der Waals surface area contributed by atoms with E-state index in [1.165, 1.54) is 6.07 Å². The molecule has 3 aromatic rings. The Morgan fingerprint density at radius 2 is 1.65 bits per heavy atom. The predicted octanol–water partition coefficient (Wildman–Crippen LogP) is 5.85. The van der Waals surface area contributed by atoms with E-state index in [1.807, 2.05) is 18.2 Å². The van der Waals surface area contributed by atoms with E-state index in [-0.39, 0.29) is 23.7 Å². The Hall–Kier alpha value is -4.59. The number of hydrogen-bond acceptors (Lipinski definition) is 6. The van der Waals surface area contributed by atoms with E-state index in [0.717, 1.165) is 5.56 Å². The third-order valence-electron chi connectivity index (χ3n) is 7.52. The van der Waals surface area contributed by atoms with Crippen LogP contribution in [-0.4, -0.2) is 33.0 Å². The molecule has 0 spiro atoms. The Kier molecular flexibility index (Phi) is 7.60. The predicted molar refractivity (Wildman–Crippen MR) is 150 cm³/mol. The minimum Gasteiger partial charge on any atom is -0.497 e. The molecule has 206 valence electrons. The summed E-state index contributed by atoms with van der Waals surface area (Å²) >= 11 is 0. The van der Waals surface area contributed by atoms with Crippen molar-refractivity contribution < 1.29 is 28.2 Å². The first-order chi connectivity index (χ1) is 19.3. The lowest BCUT2D eigenvalue weighted by atomic mass is 9.71. The van der Waals surface area contributed by atoms with Crippen LogP contribution in [0.3, 0.4) is 0 Å². The van der Waals surface area contributed by atoms with Crippen molar-refractivity contribution in [3.63, 3.8) is 0 Å². The minimum absolute atomic E-state index is 0.123. The zero-order valence-corrected chi connectivity index (χ0v) is 22.8. The summed E-state index contributed by atoms with van der Waals surface area (Å²) in [5.41, 5.74) is 3.77. The summed E-state index contributed by atoms with van der Waals surface area (Å²) in [6.07, 6.45) is 0.736. The van der Waals surface area contributed by atoms with Gasteiger partial charge in [0.2, 0.25) is 0 Å². The van der Waals surface area contributed by atoms with E-state index in [0.29, 0.717) is 51.9 Å². The number of hydrogen-bond donors (Lipinski definition) is 2. The first kappa shape index (κ1) is 27.0. The fraction of sp³-hybridized carbons (Fsp3) is 0.250. The molecule has 0 bridgehead atoms. The molecule has 1 aliphatic carbocycles. The van der Waals surface area contributed by atoms with Crippen LogP contribution in [0.15, 0.2) is 89.3 Å². The summed E-state index contributed by atoms with van der Waals surface area (Å²) < 4.78 is 31.3. The molecule has 2 atom stereocenters. The van der Waals surface area contributed by atoms with Crippen molar-refractivity contribution in [2.75, 3.05) is 26.6 Å². The summed E-state index contributed by atoms with van der Waals surface area (Å²) in [6.45, 7) is 1.78. The summed E-state index contributed by atoms with van der Waals surface area (Å²) in [5.74, 6) is -0.149. The number of Topliss-reactive ketones (excluding diaryl/α,β-unsaturated/α-hetero) is 1. The van der Waals surface area contributed by atoms with Crippen molar-refractivity contribution in [3.05, 3.63) is 106 Å². The number of amides is 1. The van der Waals surface area contributed by atoms with Crippen LogP contribution in [0.1, 0.15) is 42.7 Å². The summed E-state index contributed by atoms with van der Waals surface area (Å²) in [7, 11) is 4.71. The minimum atomic E-state index is -0.852. The largest absolute Gasteiger partial charge is 0.497 e. The molecule has 40 heavy (non-hydrogen) atoms. The number of carbonyl (C=O) groups excluding carboxylic acids is 2. The summed E-state index contributed by atoms with van der Waals surface area (Å²) in [5, 5.41) is 6.24. The molecule has 2 aliphatic rings. The molecule has 8 heteroatoms. The molecule has 0 fully saturated rings. The third-order valence-corrected chi connectivity index (χ3v) is 7.52. The molecule has 0 saturated carbocycles. The number of dihydropyridines is 1. The first-order valence-corrected chi connectivity index (χ1v) is 13.0. The van der Waals surface area contributed by atoms with Crippen molar-refractivity contribution in [2.24, 2.45) is 0 Å². The van der Waals surface area contributed by atoms with E-state index < -0.39 is 17.6 Å². The molecule has 0 aromatic heterocycles. The molecule has 1 heterocycles. The van der Waals surface area contributed by atoms with Gasteiger partial charge in [-0.1, -0.05) is 24.3 Å². The number of carbonyl (C=O) groups is 2. The molecule has 7 nitrogen and oxygen atoms in total. The van der Waals surface area contributed by atoms with Gasteiger partial charge >= 0.3 is 0 Å². The number of halogens is 1. The second-order valence-electron chi connectivity index (χ2n) is 9.84. The van der Waals surface area contributed by atoms with Crippen LogP contribution in [-0.2, 0) is 9.59 Å². The number of ketones is 1. The molecular weight excluding hydrogens is 511 g/mol. The van der Waals surface area contributed by atoms with Crippen molar-refractivity contribution in [1.29, 1.82) is 0 Å². The summed E-state index contributed by atoms with van der Waals surface area (Å²) in [6, 6.07) is 18.9. The van der Waals surface area contributed by atoms with Gasteiger partial charge in [0.1, 0.15) is 11.6 Å². The van der Waals surface area contributed by atoms with Gasteiger partial charge in [-0.2, -0.15) is 0 Å². The molecule has 0 saturated heterocycles. The van der Waals surface area contributed by atoms with Gasteiger partial charge in [0.25, 0.3) is 5.91 Å². The topological polar surface area (TPSA) is 85.9 Å². The normalized spacial score (nSPS) is 18.6. The smallest absolute Gasteiger partial charge is 0.254 e. The van der Waals surface area contributed by atoms with Crippen molar-refractivity contribution in [2.45, 2.75) is 31.6 Å². The highest BCUT2D eigenvalue weighted by Crippen LogP contribution is 2.47. The van der Waals surface area contributed by atoms with Crippen molar-refractivity contribution in [1.82, 2.24) is 5.32 Å². The van der Waals surface area contributed by atoms with Crippen LogP contribution in [0.4, 0.5) is 10.1 Å². The zero-order valence-electron chi connectivity index (χ0n) is 22.8. The second-order valence-corrected chi connectivity index (χ2v) is 9.84. The number of rotatable bonds is 7. The van der Waals surface area contributed by atoms with Gasteiger partial charge in [0.05, 0.1) is 21.3 Å². The molecular formula is C32H31FN2O5. The lowest BCUT2D eigenvalue weighted by Gasteiger charge is -2.37.